The summed E-state index contributed by atoms with van der Waals surface area (Å²) >= 11 is 0. The average molecular weight is 377 g/mol. The molecule has 150 valence electrons. The first-order chi connectivity index (χ1) is 12.8. The van der Waals surface area contributed by atoms with Gasteiger partial charge in [-0.25, -0.2) is 4.99 Å². The molecule has 0 amide bonds. The van der Waals surface area contributed by atoms with Crippen LogP contribution in [0.3, 0.4) is 0 Å². The van der Waals surface area contributed by atoms with Gasteiger partial charge in [0.25, 0.3) is 0 Å². The number of esters is 1. The highest BCUT2D eigenvalue weighted by molar-refractivity contribution is 5.83. The van der Waals surface area contributed by atoms with Crippen molar-refractivity contribution in [3.8, 4) is 5.75 Å². The van der Waals surface area contributed by atoms with Crippen LogP contribution in [0.2, 0.25) is 0 Å². The van der Waals surface area contributed by atoms with Crippen molar-refractivity contribution in [1.82, 2.24) is 10.2 Å². The van der Waals surface area contributed by atoms with Crippen molar-refractivity contribution in [2.45, 2.75) is 33.3 Å². The van der Waals surface area contributed by atoms with Crippen molar-refractivity contribution in [3.63, 3.8) is 0 Å². The number of benzene rings is 1. The van der Waals surface area contributed by atoms with E-state index >= 15 is 0 Å². The molecular weight excluding hydrogens is 344 g/mol. The molecule has 1 saturated heterocycles. The molecular formula is C20H32N4O3. The summed E-state index contributed by atoms with van der Waals surface area (Å²) in [5.74, 6) is 1.31. The van der Waals surface area contributed by atoms with Crippen molar-refractivity contribution < 1.29 is 14.3 Å². The van der Waals surface area contributed by atoms with Gasteiger partial charge in [-0.1, -0.05) is 0 Å². The van der Waals surface area contributed by atoms with Gasteiger partial charge >= 0.3 is 5.97 Å². The van der Waals surface area contributed by atoms with Crippen LogP contribution in [0.1, 0.15) is 27.7 Å². The SMILES string of the molecule is CCNC(=NCC(=O)OC(C)(C)C)N1CCN(c2ccc(OC)cc2)CC1. The van der Waals surface area contributed by atoms with Gasteiger partial charge < -0.3 is 24.6 Å². The second-order valence-electron chi connectivity index (χ2n) is 7.43. The Balaban J connectivity index is 1.93. The predicted molar refractivity (Wildman–Crippen MR) is 109 cm³/mol. The minimum atomic E-state index is -0.491. The van der Waals surface area contributed by atoms with E-state index in [1.54, 1.807) is 7.11 Å². The summed E-state index contributed by atoms with van der Waals surface area (Å²) in [5.41, 5.74) is 0.695. The summed E-state index contributed by atoms with van der Waals surface area (Å²) in [4.78, 5) is 20.9. The van der Waals surface area contributed by atoms with E-state index in [-0.39, 0.29) is 12.5 Å². The summed E-state index contributed by atoms with van der Waals surface area (Å²) < 4.78 is 10.6. The molecule has 1 N–H and O–H groups in total. The summed E-state index contributed by atoms with van der Waals surface area (Å²) in [5, 5.41) is 3.27. The van der Waals surface area contributed by atoms with Crippen LogP contribution < -0.4 is 15.0 Å². The van der Waals surface area contributed by atoms with Crippen molar-refractivity contribution in [3.05, 3.63) is 24.3 Å². The second-order valence-corrected chi connectivity index (χ2v) is 7.43. The first-order valence-corrected chi connectivity index (χ1v) is 9.46. The zero-order valence-corrected chi connectivity index (χ0v) is 17.1. The molecule has 27 heavy (non-hydrogen) atoms. The maximum absolute atomic E-state index is 11.9. The normalized spacial score (nSPS) is 15.5. The molecule has 1 heterocycles. The van der Waals surface area contributed by atoms with E-state index in [0.29, 0.717) is 0 Å². The van der Waals surface area contributed by atoms with Crippen LogP contribution in [0.25, 0.3) is 0 Å². The number of carbonyl (C=O) groups is 1. The van der Waals surface area contributed by atoms with Gasteiger partial charge in [-0.3, -0.25) is 4.79 Å². The monoisotopic (exact) mass is 376 g/mol. The van der Waals surface area contributed by atoms with E-state index in [1.807, 2.05) is 39.8 Å². The molecule has 0 aromatic heterocycles. The molecule has 0 bridgehead atoms. The zero-order chi connectivity index (χ0) is 19.9. The smallest absolute Gasteiger partial charge is 0.328 e. The Kier molecular flexibility index (Phi) is 7.33. The minimum Gasteiger partial charge on any atom is -0.497 e. The van der Waals surface area contributed by atoms with Gasteiger partial charge in [-0.15, -0.1) is 0 Å². The third-order valence-corrected chi connectivity index (χ3v) is 4.13. The van der Waals surface area contributed by atoms with Gasteiger partial charge in [0.05, 0.1) is 7.11 Å². The Morgan fingerprint density at radius 3 is 2.30 bits per heavy atom. The molecule has 0 radical (unpaired) electrons. The minimum absolute atomic E-state index is 0.0261. The van der Waals surface area contributed by atoms with Gasteiger partial charge in [0.1, 0.15) is 17.9 Å². The lowest BCUT2D eigenvalue weighted by atomic mass is 10.2. The topological polar surface area (TPSA) is 66.4 Å². The molecule has 0 atom stereocenters. The molecule has 2 rings (SSSR count). The van der Waals surface area contributed by atoms with Crippen molar-refractivity contribution >= 4 is 17.6 Å². The lowest BCUT2D eigenvalue weighted by molar-refractivity contribution is -0.152. The molecule has 0 aliphatic carbocycles. The lowest BCUT2D eigenvalue weighted by Crippen LogP contribution is -2.52. The number of ether oxygens (including phenoxy) is 2. The van der Waals surface area contributed by atoms with E-state index in [4.69, 9.17) is 9.47 Å². The van der Waals surface area contributed by atoms with Crippen molar-refractivity contribution in [2.24, 2.45) is 4.99 Å². The first kappa shape index (κ1) is 20.9. The second kappa shape index (κ2) is 9.48. The maximum Gasteiger partial charge on any atom is 0.328 e. The number of rotatable bonds is 5. The highest BCUT2D eigenvalue weighted by Crippen LogP contribution is 2.20. The Morgan fingerprint density at radius 2 is 1.78 bits per heavy atom. The van der Waals surface area contributed by atoms with E-state index < -0.39 is 5.60 Å². The summed E-state index contributed by atoms with van der Waals surface area (Å²) in [6.07, 6.45) is 0. The van der Waals surface area contributed by atoms with Gasteiger partial charge in [-0.05, 0) is 52.0 Å². The van der Waals surface area contributed by atoms with E-state index in [0.717, 1.165) is 44.4 Å². The number of piperazine rings is 1. The Morgan fingerprint density at radius 1 is 1.15 bits per heavy atom. The molecule has 7 nitrogen and oxygen atoms in total. The molecule has 0 spiro atoms. The van der Waals surface area contributed by atoms with Crippen LogP contribution in [-0.2, 0) is 9.53 Å². The fraction of sp³-hybridized carbons (Fsp3) is 0.600. The van der Waals surface area contributed by atoms with Crippen LogP contribution in [0.15, 0.2) is 29.3 Å². The number of hydrogen-bond donors (Lipinski definition) is 1. The highest BCUT2D eigenvalue weighted by Gasteiger charge is 2.21. The third-order valence-electron chi connectivity index (χ3n) is 4.13. The van der Waals surface area contributed by atoms with E-state index in [2.05, 4.69) is 32.2 Å². The number of nitrogens with one attached hydrogen (secondary N) is 1. The fourth-order valence-electron chi connectivity index (χ4n) is 2.91. The number of guanidine groups is 1. The Bertz CT molecular complexity index is 630. The predicted octanol–water partition coefficient (Wildman–Crippen LogP) is 2.12. The number of anilines is 1. The summed E-state index contributed by atoms with van der Waals surface area (Å²) in [7, 11) is 1.67. The van der Waals surface area contributed by atoms with Crippen molar-refractivity contribution in [1.29, 1.82) is 0 Å². The Hall–Kier alpha value is -2.44. The van der Waals surface area contributed by atoms with Gasteiger partial charge in [0.2, 0.25) is 0 Å². The van der Waals surface area contributed by atoms with Crippen LogP contribution in [-0.4, -0.2) is 68.8 Å². The average Bonchev–Trinajstić information content (AvgIpc) is 2.64. The van der Waals surface area contributed by atoms with Crippen LogP contribution >= 0.6 is 0 Å². The fourth-order valence-corrected chi connectivity index (χ4v) is 2.91. The molecule has 0 saturated carbocycles. The number of aliphatic imine (C=N–C) groups is 1. The summed E-state index contributed by atoms with van der Waals surface area (Å²) in [6.45, 7) is 11.8. The van der Waals surface area contributed by atoms with Crippen molar-refractivity contribution in [2.75, 3.05) is 51.3 Å². The summed E-state index contributed by atoms with van der Waals surface area (Å²) in [6, 6.07) is 8.12. The van der Waals surface area contributed by atoms with E-state index in [9.17, 15) is 4.79 Å². The van der Waals surface area contributed by atoms with Gasteiger partial charge in [0, 0.05) is 38.4 Å². The number of carbonyl (C=O) groups excluding carboxylic acids is 1. The molecule has 1 fully saturated rings. The van der Waals surface area contributed by atoms with Crippen LogP contribution in [0.4, 0.5) is 5.69 Å². The molecule has 1 aliphatic rings. The molecule has 1 aromatic rings. The number of hydrogen-bond acceptors (Lipinski definition) is 5. The molecule has 7 heteroatoms. The molecule has 1 aromatic carbocycles. The quantitative estimate of drug-likeness (QED) is 0.482. The standard InChI is InChI=1S/C20H32N4O3/c1-6-21-19(22-15-18(25)27-20(2,3)4)24-13-11-23(12-14-24)16-7-9-17(26-5)10-8-16/h7-10H,6,11-15H2,1-5H3,(H,21,22). The number of methoxy groups -OCH3 is 1. The Labute approximate surface area is 162 Å². The van der Waals surface area contributed by atoms with E-state index in [1.165, 1.54) is 5.69 Å². The zero-order valence-electron chi connectivity index (χ0n) is 17.1. The number of nitrogens with zero attached hydrogens (tertiary/aromatic N) is 3. The first-order valence-electron chi connectivity index (χ1n) is 9.46. The molecule has 1 aliphatic heterocycles. The lowest BCUT2D eigenvalue weighted by Gasteiger charge is -2.37. The van der Waals surface area contributed by atoms with Crippen LogP contribution in [0.5, 0.6) is 5.75 Å². The van der Waals surface area contributed by atoms with Crippen LogP contribution in [0, 0.1) is 0 Å². The third kappa shape index (κ3) is 6.66. The maximum atomic E-state index is 11.9. The van der Waals surface area contributed by atoms with Gasteiger partial charge in [0.15, 0.2) is 5.96 Å². The molecule has 0 unspecified atom stereocenters. The van der Waals surface area contributed by atoms with Gasteiger partial charge in [-0.2, -0.15) is 0 Å². The largest absolute Gasteiger partial charge is 0.497 e. The highest BCUT2D eigenvalue weighted by atomic mass is 16.6.